The molecular formula is C56H69BN2. The molecular weight excluding hydrogens is 711 g/mol. The predicted molar refractivity (Wildman–Crippen MR) is 258 cm³/mol. The maximum absolute atomic E-state index is 2.72. The van der Waals surface area contributed by atoms with Crippen molar-refractivity contribution in [2.24, 2.45) is 0 Å². The molecule has 0 amide bonds. The number of benzene rings is 5. The lowest BCUT2D eigenvalue weighted by Gasteiger charge is -2.48. The fraction of sp³-hybridized carbons (Fsp3) is 0.464. The molecule has 59 heavy (non-hydrogen) atoms. The van der Waals surface area contributed by atoms with Crippen LogP contribution in [-0.2, 0) is 32.5 Å². The average molecular weight is 781 g/mol. The molecule has 0 saturated heterocycles. The number of anilines is 6. The van der Waals surface area contributed by atoms with Gasteiger partial charge in [0.2, 0.25) is 0 Å². The number of rotatable bonds is 2. The Morgan fingerprint density at radius 3 is 1.47 bits per heavy atom. The molecule has 5 aromatic carbocycles. The van der Waals surface area contributed by atoms with E-state index in [0.29, 0.717) is 0 Å². The van der Waals surface area contributed by atoms with E-state index in [-0.39, 0.29) is 39.2 Å². The molecule has 0 spiro atoms. The summed E-state index contributed by atoms with van der Waals surface area (Å²) in [5.41, 5.74) is 25.4. The summed E-state index contributed by atoms with van der Waals surface area (Å²) in [4.78, 5) is 5.36. The number of hydrogen-bond acceptors (Lipinski definition) is 2. The largest absolute Gasteiger partial charge is 0.311 e. The van der Waals surface area contributed by atoms with E-state index in [1.807, 2.05) is 0 Å². The second-order valence-electron chi connectivity index (χ2n) is 23.9. The number of hydrogen-bond donors (Lipinski definition) is 0. The molecule has 3 heteroatoms. The number of aryl methyl sites for hydroxylation is 3. The standard InChI is InChI=1S/C56H69BN2/c1-33-24-48-50-49(25-33)59(45-30-41-38(27-35(45)3)55(14,15)32-56(41,16)17)47-31-40-39(53(10,11)22-23-54(40,12)13)29-43(47)57(50)42-20-18-37(52(7,8)9)28-46(42)58(48)44-21-19-36(26-34(44)2)51(4,5)6/h18-21,24-31H,22-23,32H2,1-17H3. The summed E-state index contributed by atoms with van der Waals surface area (Å²) in [5, 5.41) is 0. The average Bonchev–Trinajstić information content (AvgIpc) is 3.30. The van der Waals surface area contributed by atoms with E-state index < -0.39 is 0 Å². The molecule has 2 nitrogen and oxygen atoms in total. The first-order valence-corrected chi connectivity index (χ1v) is 22.6. The first-order valence-electron chi connectivity index (χ1n) is 22.6. The fourth-order valence-corrected chi connectivity index (χ4v) is 11.9. The Bertz CT molecular complexity index is 2600. The lowest BCUT2D eigenvalue weighted by molar-refractivity contribution is 0.332. The van der Waals surface area contributed by atoms with Crippen LogP contribution in [-0.4, -0.2) is 6.71 Å². The highest BCUT2D eigenvalue weighted by Crippen LogP contribution is 2.55. The van der Waals surface area contributed by atoms with Gasteiger partial charge >= 0.3 is 0 Å². The molecule has 0 radical (unpaired) electrons. The van der Waals surface area contributed by atoms with Crippen LogP contribution in [0.1, 0.15) is 166 Å². The Balaban J connectivity index is 1.42. The topological polar surface area (TPSA) is 6.48 Å². The van der Waals surface area contributed by atoms with Gasteiger partial charge in [0.15, 0.2) is 0 Å². The highest BCUT2D eigenvalue weighted by molar-refractivity contribution is 7.00. The van der Waals surface area contributed by atoms with Gasteiger partial charge in [-0.2, -0.15) is 0 Å². The highest BCUT2D eigenvalue weighted by atomic mass is 15.2. The first-order chi connectivity index (χ1) is 27.2. The van der Waals surface area contributed by atoms with E-state index >= 15 is 0 Å². The summed E-state index contributed by atoms with van der Waals surface area (Å²) in [5.74, 6) is 0. The van der Waals surface area contributed by atoms with Gasteiger partial charge in [-0.15, -0.1) is 0 Å². The van der Waals surface area contributed by atoms with E-state index in [9.17, 15) is 0 Å². The molecule has 0 N–H and O–H groups in total. The molecule has 4 aliphatic rings. The lowest BCUT2D eigenvalue weighted by Crippen LogP contribution is -2.62. The van der Waals surface area contributed by atoms with Crippen molar-refractivity contribution in [2.75, 3.05) is 9.80 Å². The van der Waals surface area contributed by atoms with Crippen LogP contribution in [0.2, 0.25) is 0 Å². The van der Waals surface area contributed by atoms with Crippen LogP contribution in [0.3, 0.4) is 0 Å². The quantitative estimate of drug-likeness (QED) is 0.161. The van der Waals surface area contributed by atoms with Crippen molar-refractivity contribution in [1.82, 2.24) is 0 Å². The highest BCUT2D eigenvalue weighted by Gasteiger charge is 2.48. The molecule has 0 aromatic heterocycles. The van der Waals surface area contributed by atoms with Gasteiger partial charge in [0.1, 0.15) is 0 Å². The summed E-state index contributed by atoms with van der Waals surface area (Å²) >= 11 is 0. The maximum atomic E-state index is 2.72. The van der Waals surface area contributed by atoms with Gasteiger partial charge in [0.25, 0.3) is 6.71 Å². The maximum Gasteiger partial charge on any atom is 0.252 e. The van der Waals surface area contributed by atoms with E-state index in [2.05, 4.69) is 200 Å². The van der Waals surface area contributed by atoms with E-state index in [1.165, 1.54) is 113 Å². The van der Waals surface area contributed by atoms with Crippen LogP contribution in [0.25, 0.3) is 0 Å². The van der Waals surface area contributed by atoms with Crippen LogP contribution < -0.4 is 26.2 Å². The van der Waals surface area contributed by atoms with Crippen LogP contribution in [0.15, 0.2) is 72.8 Å². The van der Waals surface area contributed by atoms with Crippen LogP contribution >= 0.6 is 0 Å². The molecule has 0 saturated carbocycles. The molecule has 2 aliphatic carbocycles. The summed E-state index contributed by atoms with van der Waals surface area (Å²) in [6.45, 7) is 40.9. The van der Waals surface area contributed by atoms with Gasteiger partial charge in [-0.3, -0.25) is 0 Å². The van der Waals surface area contributed by atoms with Crippen molar-refractivity contribution in [3.8, 4) is 0 Å². The van der Waals surface area contributed by atoms with Gasteiger partial charge in [-0.05, 0) is 175 Å². The molecule has 0 fully saturated rings. The van der Waals surface area contributed by atoms with E-state index in [0.717, 1.165) is 6.42 Å². The smallest absolute Gasteiger partial charge is 0.252 e. The zero-order valence-corrected chi connectivity index (χ0v) is 39.5. The molecule has 0 unspecified atom stereocenters. The van der Waals surface area contributed by atoms with E-state index in [1.54, 1.807) is 0 Å². The lowest BCUT2D eigenvalue weighted by atomic mass is 9.33. The van der Waals surface area contributed by atoms with Crippen molar-refractivity contribution in [2.45, 2.75) is 169 Å². The molecule has 0 bridgehead atoms. The zero-order valence-electron chi connectivity index (χ0n) is 39.5. The Labute approximate surface area is 357 Å². The molecule has 2 heterocycles. The number of nitrogens with zero attached hydrogens (tertiary/aromatic N) is 2. The van der Waals surface area contributed by atoms with Crippen molar-refractivity contribution < 1.29 is 0 Å². The Kier molecular flexibility index (Phi) is 8.46. The fourth-order valence-electron chi connectivity index (χ4n) is 11.9. The van der Waals surface area contributed by atoms with Gasteiger partial charge in [0.05, 0.1) is 0 Å². The van der Waals surface area contributed by atoms with Crippen molar-refractivity contribution in [1.29, 1.82) is 0 Å². The minimum Gasteiger partial charge on any atom is -0.311 e. The summed E-state index contributed by atoms with van der Waals surface area (Å²) < 4.78 is 0. The minimum atomic E-state index is 0.00721. The van der Waals surface area contributed by atoms with E-state index in [4.69, 9.17) is 0 Å². The SMILES string of the molecule is Cc1cc2c3c(c1)N(c1cc4c(cc1C)C(C)(C)CC4(C)C)c1cc4c(cc1B3c1ccc(C(C)(C)C)cc1N2c1ccc(C(C)(C)C)cc1C)C(C)(C)CCC4(C)C. The van der Waals surface area contributed by atoms with Crippen molar-refractivity contribution in [3.05, 3.63) is 123 Å². The van der Waals surface area contributed by atoms with Crippen LogP contribution in [0, 0.1) is 20.8 Å². The third kappa shape index (κ3) is 6.01. The van der Waals surface area contributed by atoms with Gasteiger partial charge in [-0.25, -0.2) is 0 Å². The Morgan fingerprint density at radius 2 is 0.898 bits per heavy atom. The first kappa shape index (κ1) is 40.2. The second-order valence-corrected chi connectivity index (χ2v) is 23.9. The van der Waals surface area contributed by atoms with Crippen molar-refractivity contribution in [3.63, 3.8) is 0 Å². The summed E-state index contributed by atoms with van der Waals surface area (Å²) in [6.07, 6.45) is 3.54. The van der Waals surface area contributed by atoms with Gasteiger partial charge in [-0.1, -0.05) is 133 Å². The molecule has 2 aliphatic heterocycles. The summed E-state index contributed by atoms with van der Waals surface area (Å²) in [7, 11) is 0. The second kappa shape index (κ2) is 12.4. The normalized spacial score (nSPS) is 19.2. The molecule has 306 valence electrons. The van der Waals surface area contributed by atoms with Gasteiger partial charge in [0, 0.05) is 34.1 Å². The van der Waals surface area contributed by atoms with Gasteiger partial charge < -0.3 is 9.80 Å². The molecule has 5 aromatic rings. The number of fused-ring (bicyclic) bond motifs is 6. The third-order valence-corrected chi connectivity index (χ3v) is 15.3. The predicted octanol–water partition coefficient (Wildman–Crippen LogP) is 13.6. The Morgan fingerprint density at radius 1 is 0.441 bits per heavy atom. The Hall–Kier alpha value is -4.24. The van der Waals surface area contributed by atoms with Crippen LogP contribution in [0.4, 0.5) is 34.1 Å². The molecule has 9 rings (SSSR count). The third-order valence-electron chi connectivity index (χ3n) is 15.3. The van der Waals surface area contributed by atoms with Crippen LogP contribution in [0.5, 0.6) is 0 Å². The summed E-state index contributed by atoms with van der Waals surface area (Å²) in [6, 6.07) is 30.2. The zero-order chi connectivity index (χ0) is 42.7. The molecule has 0 atom stereocenters. The van der Waals surface area contributed by atoms with Crippen molar-refractivity contribution >= 4 is 57.2 Å². The minimum absolute atomic E-state index is 0.00721. The monoisotopic (exact) mass is 781 g/mol.